The standard InChI is InChI=1S/C13H18N2S2/c1-13(2,14)7-3-6-12-15-10(9-17-12)11-5-4-8-16-11/h4-5,8-9H,3,6-7,14H2,1-2H3. The van der Waals surface area contributed by atoms with E-state index in [1.165, 1.54) is 9.88 Å². The lowest BCUT2D eigenvalue weighted by Crippen LogP contribution is -2.31. The Kier molecular flexibility index (Phi) is 3.97. The quantitative estimate of drug-likeness (QED) is 0.890. The number of nitrogens with zero attached hydrogens (tertiary/aromatic N) is 1. The Bertz CT molecular complexity index is 452. The van der Waals surface area contributed by atoms with E-state index in [0.717, 1.165) is 25.0 Å². The second kappa shape index (κ2) is 5.29. The van der Waals surface area contributed by atoms with E-state index >= 15 is 0 Å². The average Bonchev–Trinajstić information content (AvgIpc) is 2.83. The first kappa shape index (κ1) is 12.7. The van der Waals surface area contributed by atoms with Crippen LogP contribution < -0.4 is 5.73 Å². The predicted molar refractivity (Wildman–Crippen MR) is 76.6 cm³/mol. The molecule has 0 aliphatic heterocycles. The van der Waals surface area contributed by atoms with Gasteiger partial charge in [0, 0.05) is 10.9 Å². The van der Waals surface area contributed by atoms with Crippen LogP contribution in [0.4, 0.5) is 0 Å². The third-order valence-corrected chi connectivity index (χ3v) is 4.34. The molecule has 0 aliphatic carbocycles. The van der Waals surface area contributed by atoms with E-state index in [1.54, 1.807) is 22.7 Å². The van der Waals surface area contributed by atoms with Crippen molar-refractivity contribution in [2.45, 2.75) is 38.6 Å². The molecule has 4 heteroatoms. The van der Waals surface area contributed by atoms with Crippen molar-refractivity contribution in [1.82, 2.24) is 4.98 Å². The lowest BCUT2D eigenvalue weighted by atomic mass is 9.99. The van der Waals surface area contributed by atoms with Gasteiger partial charge in [-0.25, -0.2) is 4.98 Å². The van der Waals surface area contributed by atoms with Crippen molar-refractivity contribution in [2.75, 3.05) is 0 Å². The lowest BCUT2D eigenvalue weighted by Gasteiger charge is -2.17. The molecule has 0 aliphatic rings. The Morgan fingerprint density at radius 1 is 1.35 bits per heavy atom. The van der Waals surface area contributed by atoms with Crippen LogP contribution in [0.2, 0.25) is 0 Å². The van der Waals surface area contributed by atoms with E-state index in [-0.39, 0.29) is 5.54 Å². The van der Waals surface area contributed by atoms with Gasteiger partial charge in [0.1, 0.15) is 0 Å². The highest BCUT2D eigenvalue weighted by Crippen LogP contribution is 2.26. The maximum atomic E-state index is 5.97. The molecule has 0 saturated carbocycles. The number of nitrogens with two attached hydrogens (primary N) is 1. The highest BCUT2D eigenvalue weighted by molar-refractivity contribution is 7.14. The number of aryl methyl sites for hydroxylation is 1. The van der Waals surface area contributed by atoms with Crippen molar-refractivity contribution in [3.05, 3.63) is 27.9 Å². The van der Waals surface area contributed by atoms with Crippen molar-refractivity contribution in [2.24, 2.45) is 5.73 Å². The number of aromatic nitrogens is 1. The zero-order valence-electron chi connectivity index (χ0n) is 10.3. The Labute approximate surface area is 111 Å². The van der Waals surface area contributed by atoms with Crippen LogP contribution in [0, 0.1) is 0 Å². The first-order valence-electron chi connectivity index (χ1n) is 5.82. The molecule has 2 aromatic heterocycles. The average molecular weight is 266 g/mol. The molecule has 0 amide bonds. The van der Waals surface area contributed by atoms with Crippen molar-refractivity contribution in [3.8, 4) is 10.6 Å². The van der Waals surface area contributed by atoms with Crippen LogP contribution in [0.15, 0.2) is 22.9 Å². The number of hydrogen-bond acceptors (Lipinski definition) is 4. The van der Waals surface area contributed by atoms with E-state index in [9.17, 15) is 0 Å². The van der Waals surface area contributed by atoms with Crippen LogP contribution in [-0.4, -0.2) is 10.5 Å². The van der Waals surface area contributed by atoms with Gasteiger partial charge in [0.05, 0.1) is 15.6 Å². The Balaban J connectivity index is 1.91. The second-order valence-corrected chi connectivity index (χ2v) is 6.84. The van der Waals surface area contributed by atoms with Crippen molar-refractivity contribution < 1.29 is 0 Å². The van der Waals surface area contributed by atoms with Crippen molar-refractivity contribution >= 4 is 22.7 Å². The van der Waals surface area contributed by atoms with Gasteiger partial charge in [-0.15, -0.1) is 22.7 Å². The van der Waals surface area contributed by atoms with Gasteiger partial charge in [-0.3, -0.25) is 0 Å². The first-order chi connectivity index (χ1) is 8.04. The zero-order valence-corrected chi connectivity index (χ0v) is 11.9. The molecular weight excluding hydrogens is 248 g/mol. The molecule has 92 valence electrons. The topological polar surface area (TPSA) is 38.9 Å². The molecule has 2 heterocycles. The summed E-state index contributed by atoms with van der Waals surface area (Å²) in [5.74, 6) is 0. The summed E-state index contributed by atoms with van der Waals surface area (Å²) in [7, 11) is 0. The molecule has 17 heavy (non-hydrogen) atoms. The molecule has 0 radical (unpaired) electrons. The summed E-state index contributed by atoms with van der Waals surface area (Å²) in [5, 5.41) is 5.46. The minimum atomic E-state index is -0.0617. The summed E-state index contributed by atoms with van der Waals surface area (Å²) in [6.45, 7) is 4.15. The summed E-state index contributed by atoms with van der Waals surface area (Å²) >= 11 is 3.49. The molecule has 2 rings (SSSR count). The van der Waals surface area contributed by atoms with Gasteiger partial charge in [0.25, 0.3) is 0 Å². The monoisotopic (exact) mass is 266 g/mol. The summed E-state index contributed by atoms with van der Waals surface area (Å²) in [5.41, 5.74) is 7.02. The van der Waals surface area contributed by atoms with Gasteiger partial charge in [-0.05, 0) is 44.6 Å². The van der Waals surface area contributed by atoms with Crippen LogP contribution in [0.3, 0.4) is 0 Å². The summed E-state index contributed by atoms with van der Waals surface area (Å²) in [4.78, 5) is 5.92. The van der Waals surface area contributed by atoms with E-state index in [4.69, 9.17) is 5.73 Å². The lowest BCUT2D eigenvalue weighted by molar-refractivity contribution is 0.459. The highest BCUT2D eigenvalue weighted by atomic mass is 32.1. The summed E-state index contributed by atoms with van der Waals surface area (Å²) in [6, 6.07) is 4.18. The van der Waals surface area contributed by atoms with Gasteiger partial charge < -0.3 is 5.73 Å². The van der Waals surface area contributed by atoms with E-state index in [1.807, 2.05) is 0 Å². The van der Waals surface area contributed by atoms with E-state index < -0.39 is 0 Å². The van der Waals surface area contributed by atoms with E-state index in [2.05, 4.69) is 41.7 Å². The number of hydrogen-bond donors (Lipinski definition) is 1. The minimum absolute atomic E-state index is 0.0617. The third-order valence-electron chi connectivity index (χ3n) is 2.54. The molecule has 2 aromatic rings. The smallest absolute Gasteiger partial charge is 0.0932 e. The van der Waals surface area contributed by atoms with E-state index in [0.29, 0.717) is 0 Å². The van der Waals surface area contributed by atoms with Crippen LogP contribution in [0.25, 0.3) is 10.6 Å². The number of rotatable bonds is 5. The Morgan fingerprint density at radius 2 is 2.18 bits per heavy atom. The predicted octanol–water partition coefficient (Wildman–Crippen LogP) is 3.93. The normalized spacial score (nSPS) is 11.9. The van der Waals surface area contributed by atoms with Crippen LogP contribution in [0.1, 0.15) is 31.7 Å². The van der Waals surface area contributed by atoms with Gasteiger partial charge in [-0.1, -0.05) is 6.07 Å². The molecule has 0 aromatic carbocycles. The Hall–Kier alpha value is -0.710. The third kappa shape index (κ3) is 3.91. The van der Waals surface area contributed by atoms with Crippen molar-refractivity contribution in [3.63, 3.8) is 0 Å². The van der Waals surface area contributed by atoms with Crippen molar-refractivity contribution in [1.29, 1.82) is 0 Å². The van der Waals surface area contributed by atoms with Gasteiger partial charge >= 0.3 is 0 Å². The van der Waals surface area contributed by atoms with Gasteiger partial charge in [0.2, 0.25) is 0 Å². The minimum Gasteiger partial charge on any atom is -0.326 e. The number of thiazole rings is 1. The second-order valence-electron chi connectivity index (χ2n) is 4.95. The fraction of sp³-hybridized carbons (Fsp3) is 0.462. The molecule has 2 N–H and O–H groups in total. The molecule has 0 bridgehead atoms. The number of thiophene rings is 1. The summed E-state index contributed by atoms with van der Waals surface area (Å²) in [6.07, 6.45) is 3.19. The van der Waals surface area contributed by atoms with Crippen LogP contribution >= 0.6 is 22.7 Å². The summed E-state index contributed by atoms with van der Waals surface area (Å²) < 4.78 is 0. The fourth-order valence-electron chi connectivity index (χ4n) is 1.66. The fourth-order valence-corrected chi connectivity index (χ4v) is 3.26. The van der Waals surface area contributed by atoms with Gasteiger partial charge in [-0.2, -0.15) is 0 Å². The van der Waals surface area contributed by atoms with Gasteiger partial charge in [0.15, 0.2) is 0 Å². The maximum Gasteiger partial charge on any atom is 0.0932 e. The zero-order chi connectivity index (χ0) is 12.3. The molecule has 0 spiro atoms. The first-order valence-corrected chi connectivity index (χ1v) is 7.58. The molecule has 0 unspecified atom stereocenters. The molecule has 0 fully saturated rings. The highest BCUT2D eigenvalue weighted by Gasteiger charge is 2.11. The largest absolute Gasteiger partial charge is 0.326 e. The molecular formula is C13H18N2S2. The van der Waals surface area contributed by atoms with Crippen LogP contribution in [-0.2, 0) is 6.42 Å². The Morgan fingerprint density at radius 3 is 2.82 bits per heavy atom. The molecule has 0 atom stereocenters. The van der Waals surface area contributed by atoms with Crippen LogP contribution in [0.5, 0.6) is 0 Å². The molecule has 0 saturated heterocycles. The maximum absolute atomic E-state index is 5.97. The SMILES string of the molecule is CC(C)(N)CCCc1nc(-c2cccs2)cs1. The molecule has 2 nitrogen and oxygen atoms in total.